The molecule has 3 N–H and O–H groups in total. The molecule has 0 heterocycles. The maximum atomic E-state index is 13.2. The van der Waals surface area contributed by atoms with E-state index in [0.717, 1.165) is 25.4 Å². The van der Waals surface area contributed by atoms with Crippen LogP contribution >= 0.6 is 0 Å². The van der Waals surface area contributed by atoms with Gasteiger partial charge in [-0.3, -0.25) is 4.79 Å². The van der Waals surface area contributed by atoms with Gasteiger partial charge in [0.2, 0.25) is 0 Å². The van der Waals surface area contributed by atoms with Crippen molar-refractivity contribution in [3.05, 3.63) is 11.6 Å². The van der Waals surface area contributed by atoms with Crippen molar-refractivity contribution in [2.45, 2.75) is 126 Å². The van der Waals surface area contributed by atoms with Gasteiger partial charge in [0.1, 0.15) is 0 Å². The highest BCUT2D eigenvalue weighted by Crippen LogP contribution is 2.66. The van der Waals surface area contributed by atoms with Crippen LogP contribution in [0.3, 0.4) is 0 Å². The predicted octanol–water partition coefficient (Wildman–Crippen LogP) is 8.20. The molecule has 4 rings (SSSR count). The number of hydrogen-bond donors (Lipinski definition) is 2. The largest absolute Gasteiger partial charge is 0.400 e. The standard InChI is InChI=1S/C28H46O.C2H6.CH5N.CH4O/c1-19(10-9-15-26(2,3)4)21-12-13-22-20-18-25(29)24-11-7-8-16-27(24,5)23(20)14-17-28(21,22)6;3*1-2/h18-19,21-24H,7-17H2,1-6H3;1-2H3;2H2,1H3;2H,1H3. The van der Waals surface area contributed by atoms with Gasteiger partial charge >= 0.3 is 0 Å². The predicted molar refractivity (Wildman–Crippen MR) is 152 cm³/mol. The summed E-state index contributed by atoms with van der Waals surface area (Å²) in [5.41, 5.74) is 7.26. The van der Waals surface area contributed by atoms with E-state index in [4.69, 9.17) is 5.11 Å². The number of fused-ring (bicyclic) bond motifs is 5. The number of rotatable bonds is 4. The van der Waals surface area contributed by atoms with Crippen LogP contribution in [0, 0.1) is 45.8 Å². The molecule has 0 saturated heterocycles. The molecule has 4 aliphatic rings. The van der Waals surface area contributed by atoms with Crippen LogP contribution in [0.15, 0.2) is 11.6 Å². The van der Waals surface area contributed by atoms with Gasteiger partial charge in [0.25, 0.3) is 0 Å². The van der Waals surface area contributed by atoms with Gasteiger partial charge in [-0.05, 0) is 98.0 Å². The van der Waals surface area contributed by atoms with Gasteiger partial charge in [0.15, 0.2) is 5.78 Å². The molecule has 7 unspecified atom stereocenters. The summed E-state index contributed by atoms with van der Waals surface area (Å²) in [4.78, 5) is 13.2. The first-order valence-corrected chi connectivity index (χ1v) is 14.8. The summed E-state index contributed by atoms with van der Waals surface area (Å²) in [6.07, 6.45) is 16.7. The van der Waals surface area contributed by atoms with E-state index in [0.29, 0.717) is 34.4 Å². The Kier molecular flexibility index (Phi) is 12.7. The Morgan fingerprint density at radius 1 is 0.943 bits per heavy atom. The van der Waals surface area contributed by atoms with E-state index in [-0.39, 0.29) is 5.41 Å². The van der Waals surface area contributed by atoms with Crippen LogP contribution in [0.1, 0.15) is 126 Å². The monoisotopic (exact) mass is 491 g/mol. The summed E-state index contributed by atoms with van der Waals surface area (Å²) < 4.78 is 0. The van der Waals surface area contributed by atoms with E-state index in [9.17, 15) is 4.79 Å². The molecule has 0 aromatic heterocycles. The first kappa shape index (κ1) is 32.4. The lowest BCUT2D eigenvalue weighted by molar-refractivity contribution is -0.128. The summed E-state index contributed by atoms with van der Waals surface area (Å²) >= 11 is 0. The topological polar surface area (TPSA) is 63.3 Å². The van der Waals surface area contributed by atoms with Gasteiger partial charge in [-0.15, -0.1) is 0 Å². The number of carbonyl (C=O) groups excluding carboxylic acids is 1. The number of carbonyl (C=O) groups is 1. The highest BCUT2D eigenvalue weighted by molar-refractivity contribution is 5.94. The molecule has 0 radical (unpaired) electrons. The van der Waals surface area contributed by atoms with Gasteiger partial charge in [-0.2, -0.15) is 0 Å². The lowest BCUT2D eigenvalue weighted by Crippen LogP contribution is -2.51. The molecule has 0 aromatic carbocycles. The zero-order valence-corrected chi connectivity index (χ0v) is 25.2. The number of aliphatic hydroxyl groups excluding tert-OH is 1. The Morgan fingerprint density at radius 2 is 1.54 bits per heavy atom. The minimum atomic E-state index is 0.261. The van der Waals surface area contributed by atoms with Crippen molar-refractivity contribution < 1.29 is 9.90 Å². The molecule has 3 saturated carbocycles. The molecule has 206 valence electrons. The molecule has 0 amide bonds. The fourth-order valence-corrected chi connectivity index (χ4v) is 8.55. The smallest absolute Gasteiger partial charge is 0.159 e. The van der Waals surface area contributed by atoms with E-state index >= 15 is 0 Å². The van der Waals surface area contributed by atoms with Crippen molar-refractivity contribution in [3.63, 3.8) is 0 Å². The third-order valence-corrected chi connectivity index (χ3v) is 10.2. The number of aliphatic hydroxyl groups is 1. The molecule has 3 heteroatoms. The lowest BCUT2D eigenvalue weighted by atomic mass is 9.47. The summed E-state index contributed by atoms with van der Waals surface area (Å²) in [6, 6.07) is 0. The average molecular weight is 492 g/mol. The highest BCUT2D eigenvalue weighted by Gasteiger charge is 2.59. The maximum Gasteiger partial charge on any atom is 0.159 e. The first-order chi connectivity index (χ1) is 16.6. The number of hydrogen-bond acceptors (Lipinski definition) is 3. The van der Waals surface area contributed by atoms with E-state index in [1.54, 1.807) is 5.57 Å². The van der Waals surface area contributed by atoms with Crippen LogP contribution in [0.2, 0.25) is 0 Å². The van der Waals surface area contributed by atoms with Gasteiger partial charge in [0, 0.05) is 13.0 Å². The molecular formula is C32H61NO2. The quantitative estimate of drug-likeness (QED) is 0.416. The van der Waals surface area contributed by atoms with Crippen molar-refractivity contribution in [3.8, 4) is 0 Å². The molecule has 4 aliphatic carbocycles. The minimum Gasteiger partial charge on any atom is -0.400 e. The lowest BCUT2D eigenvalue weighted by Gasteiger charge is -2.56. The maximum absolute atomic E-state index is 13.2. The second-order valence-electron chi connectivity index (χ2n) is 13.1. The molecule has 0 aromatic rings. The summed E-state index contributed by atoms with van der Waals surface area (Å²) in [5.74, 6) is 3.86. The number of ketones is 1. The van der Waals surface area contributed by atoms with Crippen molar-refractivity contribution >= 4 is 5.78 Å². The normalized spacial score (nSPS) is 36.3. The van der Waals surface area contributed by atoms with Crippen LogP contribution in [0.5, 0.6) is 0 Å². The molecule has 0 aliphatic heterocycles. The summed E-state index contributed by atoms with van der Waals surface area (Å²) in [5, 5.41) is 7.00. The molecule has 3 nitrogen and oxygen atoms in total. The van der Waals surface area contributed by atoms with Gasteiger partial charge < -0.3 is 10.8 Å². The molecule has 3 fully saturated rings. The average Bonchev–Trinajstić information content (AvgIpc) is 3.20. The highest BCUT2D eigenvalue weighted by atomic mass is 16.2. The molecule has 0 spiro atoms. The van der Waals surface area contributed by atoms with E-state index < -0.39 is 0 Å². The Labute approximate surface area is 219 Å². The van der Waals surface area contributed by atoms with Crippen LogP contribution in [-0.4, -0.2) is 25.0 Å². The van der Waals surface area contributed by atoms with E-state index in [2.05, 4.69) is 53.4 Å². The van der Waals surface area contributed by atoms with E-state index in [1.165, 1.54) is 71.3 Å². The Morgan fingerprint density at radius 3 is 2.14 bits per heavy atom. The molecule has 7 atom stereocenters. The number of nitrogens with two attached hydrogens (primary N) is 1. The number of allylic oxidation sites excluding steroid dienone is 2. The van der Waals surface area contributed by atoms with Crippen molar-refractivity contribution in [1.29, 1.82) is 0 Å². The van der Waals surface area contributed by atoms with E-state index in [1.807, 2.05) is 13.8 Å². The molecule has 0 bridgehead atoms. The second-order valence-corrected chi connectivity index (χ2v) is 13.1. The molecule has 35 heavy (non-hydrogen) atoms. The van der Waals surface area contributed by atoms with Crippen molar-refractivity contribution in [2.24, 2.45) is 51.6 Å². The van der Waals surface area contributed by atoms with Crippen molar-refractivity contribution in [1.82, 2.24) is 0 Å². The fraction of sp³-hybridized carbons (Fsp3) is 0.906. The minimum absolute atomic E-state index is 0.261. The Bertz CT molecular complexity index is 678. The van der Waals surface area contributed by atoms with Crippen molar-refractivity contribution in [2.75, 3.05) is 14.2 Å². The Hall–Kier alpha value is -0.670. The zero-order valence-electron chi connectivity index (χ0n) is 25.2. The third-order valence-electron chi connectivity index (χ3n) is 10.2. The van der Waals surface area contributed by atoms with Crippen LogP contribution in [-0.2, 0) is 4.79 Å². The van der Waals surface area contributed by atoms with Crippen LogP contribution in [0.25, 0.3) is 0 Å². The summed E-state index contributed by atoms with van der Waals surface area (Å²) in [6.45, 7) is 18.7. The first-order valence-electron chi connectivity index (χ1n) is 14.8. The second kappa shape index (κ2) is 13.8. The van der Waals surface area contributed by atoms with Gasteiger partial charge in [0.05, 0.1) is 0 Å². The van der Waals surface area contributed by atoms with Gasteiger partial charge in [-0.25, -0.2) is 0 Å². The van der Waals surface area contributed by atoms with Gasteiger partial charge in [-0.1, -0.05) is 86.6 Å². The SMILES string of the molecule is CC.CC(CCCC(C)(C)C)C1CCC2C3=CC(=O)C4CCCCC4(C)C3CCC21C.CN.CO. The molecular weight excluding hydrogens is 430 g/mol. The zero-order chi connectivity index (χ0) is 27.0. The van der Waals surface area contributed by atoms with Crippen LogP contribution < -0.4 is 5.73 Å². The third kappa shape index (κ3) is 6.81. The summed E-state index contributed by atoms with van der Waals surface area (Å²) in [7, 11) is 2.50. The Balaban J connectivity index is 0.000000949. The fourth-order valence-electron chi connectivity index (χ4n) is 8.55. The van der Waals surface area contributed by atoms with Crippen LogP contribution in [0.4, 0.5) is 0 Å².